The van der Waals surface area contributed by atoms with Gasteiger partial charge in [-0.2, -0.15) is 0 Å². The summed E-state index contributed by atoms with van der Waals surface area (Å²) in [6.45, 7) is -0.244. The quantitative estimate of drug-likeness (QED) is 0.618. The van der Waals surface area contributed by atoms with Crippen LogP contribution in [-0.2, 0) is 18.9 Å². The maximum absolute atomic E-state index is 9.91. The zero-order valence-corrected chi connectivity index (χ0v) is 9.12. The standard InChI is InChI=1S/C9H18O6/c1-12-7-5(4-10)15-9(14-3)8(13-2)6(7)11/h5-11H,4H2,1-3H3/t5-,6+,7-,8-,9-/m1/s1. The molecule has 1 aliphatic rings. The second kappa shape index (κ2) is 5.74. The summed E-state index contributed by atoms with van der Waals surface area (Å²) in [7, 11) is 4.35. The monoisotopic (exact) mass is 222 g/mol. The number of rotatable bonds is 4. The summed E-state index contributed by atoms with van der Waals surface area (Å²) in [4.78, 5) is 0. The molecule has 15 heavy (non-hydrogen) atoms. The zero-order chi connectivity index (χ0) is 11.4. The van der Waals surface area contributed by atoms with Crippen LogP contribution in [0.25, 0.3) is 0 Å². The summed E-state index contributed by atoms with van der Waals surface area (Å²) >= 11 is 0. The van der Waals surface area contributed by atoms with Crippen molar-refractivity contribution >= 4 is 0 Å². The second-order valence-electron chi connectivity index (χ2n) is 3.35. The lowest BCUT2D eigenvalue weighted by Crippen LogP contribution is -2.60. The van der Waals surface area contributed by atoms with Gasteiger partial charge in [-0.05, 0) is 0 Å². The molecule has 90 valence electrons. The smallest absolute Gasteiger partial charge is 0.186 e. The van der Waals surface area contributed by atoms with Gasteiger partial charge in [-0.3, -0.25) is 0 Å². The first kappa shape index (κ1) is 12.8. The highest BCUT2D eigenvalue weighted by Gasteiger charge is 2.45. The van der Waals surface area contributed by atoms with E-state index in [9.17, 15) is 5.11 Å². The summed E-state index contributed by atoms with van der Waals surface area (Å²) in [5.74, 6) is 0. The molecular formula is C9H18O6. The van der Waals surface area contributed by atoms with Gasteiger partial charge in [0.2, 0.25) is 0 Å². The van der Waals surface area contributed by atoms with E-state index < -0.39 is 30.7 Å². The van der Waals surface area contributed by atoms with Gasteiger partial charge < -0.3 is 29.2 Å². The molecule has 0 saturated carbocycles. The van der Waals surface area contributed by atoms with Crippen molar-refractivity contribution in [3.8, 4) is 0 Å². The Morgan fingerprint density at radius 2 is 1.67 bits per heavy atom. The molecule has 2 N–H and O–H groups in total. The van der Waals surface area contributed by atoms with E-state index in [1.807, 2.05) is 0 Å². The zero-order valence-electron chi connectivity index (χ0n) is 9.12. The number of methoxy groups -OCH3 is 3. The lowest BCUT2D eigenvalue weighted by atomic mass is 9.99. The fourth-order valence-corrected chi connectivity index (χ4v) is 1.77. The van der Waals surface area contributed by atoms with E-state index in [1.54, 1.807) is 0 Å². The maximum Gasteiger partial charge on any atom is 0.186 e. The number of hydrogen-bond donors (Lipinski definition) is 2. The molecule has 5 atom stereocenters. The van der Waals surface area contributed by atoms with Gasteiger partial charge in [0.05, 0.1) is 6.61 Å². The molecule has 0 unspecified atom stereocenters. The number of aliphatic hydroxyl groups is 2. The Morgan fingerprint density at radius 3 is 2.07 bits per heavy atom. The van der Waals surface area contributed by atoms with Crippen LogP contribution in [0.4, 0.5) is 0 Å². The van der Waals surface area contributed by atoms with Crippen molar-refractivity contribution in [3.05, 3.63) is 0 Å². The predicted molar refractivity (Wildman–Crippen MR) is 50.4 cm³/mol. The van der Waals surface area contributed by atoms with E-state index in [2.05, 4.69) is 0 Å². The van der Waals surface area contributed by atoms with Gasteiger partial charge in [0.1, 0.15) is 24.4 Å². The third-order valence-electron chi connectivity index (χ3n) is 2.57. The van der Waals surface area contributed by atoms with Gasteiger partial charge in [0.25, 0.3) is 0 Å². The lowest BCUT2D eigenvalue weighted by Gasteiger charge is -2.42. The SMILES string of the molecule is CO[C@@H]1O[C@H](CO)[C@@H](OC)[C@H](O)[C@H]1OC. The molecule has 1 fully saturated rings. The Kier molecular flexibility index (Phi) is 4.91. The van der Waals surface area contributed by atoms with Crippen LogP contribution in [0.2, 0.25) is 0 Å². The Hall–Kier alpha value is -0.240. The number of aliphatic hydroxyl groups excluding tert-OH is 2. The van der Waals surface area contributed by atoms with Crippen LogP contribution in [-0.4, -0.2) is 68.9 Å². The third-order valence-corrected chi connectivity index (χ3v) is 2.57. The van der Waals surface area contributed by atoms with E-state index in [1.165, 1.54) is 21.3 Å². The van der Waals surface area contributed by atoms with Crippen molar-refractivity contribution in [2.24, 2.45) is 0 Å². The minimum atomic E-state index is -0.893. The molecule has 0 spiro atoms. The minimum absolute atomic E-state index is 0.244. The molecule has 1 aliphatic heterocycles. The summed E-state index contributed by atoms with van der Waals surface area (Å²) in [5.41, 5.74) is 0. The molecule has 0 aromatic carbocycles. The first-order valence-corrected chi connectivity index (χ1v) is 4.72. The van der Waals surface area contributed by atoms with Crippen LogP contribution >= 0.6 is 0 Å². The van der Waals surface area contributed by atoms with Crippen LogP contribution in [0.3, 0.4) is 0 Å². The van der Waals surface area contributed by atoms with Gasteiger partial charge in [-0.1, -0.05) is 0 Å². The van der Waals surface area contributed by atoms with Crippen LogP contribution in [0.1, 0.15) is 0 Å². The van der Waals surface area contributed by atoms with Gasteiger partial charge >= 0.3 is 0 Å². The summed E-state index contributed by atoms with van der Waals surface area (Å²) in [5, 5.41) is 19.0. The number of ether oxygens (including phenoxy) is 4. The first-order valence-electron chi connectivity index (χ1n) is 4.72. The molecule has 1 rings (SSSR count). The summed E-state index contributed by atoms with van der Waals surface area (Å²) in [6, 6.07) is 0. The van der Waals surface area contributed by atoms with Gasteiger partial charge in [0.15, 0.2) is 6.29 Å². The molecule has 0 radical (unpaired) electrons. The molecule has 0 aromatic heterocycles. The van der Waals surface area contributed by atoms with Gasteiger partial charge in [-0.15, -0.1) is 0 Å². The fourth-order valence-electron chi connectivity index (χ4n) is 1.77. The average Bonchev–Trinajstić information content (AvgIpc) is 2.27. The average molecular weight is 222 g/mol. The van der Waals surface area contributed by atoms with Gasteiger partial charge in [-0.25, -0.2) is 0 Å². The van der Waals surface area contributed by atoms with E-state index >= 15 is 0 Å². The molecule has 6 heteroatoms. The topological polar surface area (TPSA) is 77.4 Å². The molecule has 0 aromatic rings. The van der Waals surface area contributed by atoms with Crippen LogP contribution in [0, 0.1) is 0 Å². The third kappa shape index (κ3) is 2.47. The van der Waals surface area contributed by atoms with Crippen LogP contribution in [0.15, 0.2) is 0 Å². The highest BCUT2D eigenvalue weighted by Crippen LogP contribution is 2.25. The molecule has 1 heterocycles. The highest BCUT2D eigenvalue weighted by molar-refractivity contribution is 4.90. The van der Waals surface area contributed by atoms with Crippen LogP contribution < -0.4 is 0 Å². The van der Waals surface area contributed by atoms with Crippen molar-refractivity contribution in [1.29, 1.82) is 0 Å². The first-order chi connectivity index (χ1) is 7.19. The van der Waals surface area contributed by atoms with Crippen molar-refractivity contribution in [3.63, 3.8) is 0 Å². The summed E-state index contributed by atoms with van der Waals surface area (Å²) in [6.07, 6.45) is -3.44. The number of hydrogen-bond acceptors (Lipinski definition) is 6. The molecule has 1 saturated heterocycles. The predicted octanol–water partition coefficient (Wildman–Crippen LogP) is -1.26. The molecule has 0 amide bonds. The largest absolute Gasteiger partial charge is 0.394 e. The molecule has 6 nitrogen and oxygen atoms in total. The minimum Gasteiger partial charge on any atom is -0.394 e. The van der Waals surface area contributed by atoms with Crippen molar-refractivity contribution in [2.75, 3.05) is 27.9 Å². The normalized spacial score (nSPS) is 41.8. The van der Waals surface area contributed by atoms with Crippen molar-refractivity contribution in [1.82, 2.24) is 0 Å². The van der Waals surface area contributed by atoms with Gasteiger partial charge in [0, 0.05) is 21.3 Å². The molecular weight excluding hydrogens is 204 g/mol. The molecule has 0 aliphatic carbocycles. The Balaban J connectivity index is 2.76. The van der Waals surface area contributed by atoms with Crippen molar-refractivity contribution < 1.29 is 29.2 Å². The molecule has 0 bridgehead atoms. The van der Waals surface area contributed by atoms with E-state index in [0.717, 1.165) is 0 Å². The van der Waals surface area contributed by atoms with E-state index in [-0.39, 0.29) is 6.61 Å². The highest BCUT2D eigenvalue weighted by atomic mass is 16.7. The lowest BCUT2D eigenvalue weighted by molar-refractivity contribution is -0.302. The summed E-state index contributed by atoms with van der Waals surface area (Å²) < 4.78 is 20.5. The van der Waals surface area contributed by atoms with Crippen molar-refractivity contribution in [2.45, 2.75) is 30.7 Å². The fraction of sp³-hybridized carbons (Fsp3) is 1.00. The Bertz CT molecular complexity index is 169. The van der Waals surface area contributed by atoms with E-state index in [4.69, 9.17) is 24.1 Å². The van der Waals surface area contributed by atoms with Crippen LogP contribution in [0.5, 0.6) is 0 Å². The Labute approximate surface area is 88.7 Å². The second-order valence-corrected chi connectivity index (χ2v) is 3.35. The Morgan fingerprint density at radius 1 is 1.07 bits per heavy atom. The van der Waals surface area contributed by atoms with E-state index in [0.29, 0.717) is 0 Å². The maximum atomic E-state index is 9.91.